The van der Waals surface area contributed by atoms with Crippen LogP contribution in [0.1, 0.15) is 49.2 Å². The fraction of sp³-hybridized carbons (Fsp3) is 0.171. The number of amidine groups is 2. The van der Waals surface area contributed by atoms with Gasteiger partial charge >= 0.3 is 0 Å². The van der Waals surface area contributed by atoms with Crippen molar-refractivity contribution in [1.29, 1.82) is 0 Å². The van der Waals surface area contributed by atoms with E-state index in [1.54, 1.807) is 0 Å². The summed E-state index contributed by atoms with van der Waals surface area (Å²) in [6, 6.07) is 37.5. The lowest BCUT2D eigenvalue weighted by atomic mass is 9.85. The molecular weight excluding hydrogens is 504 g/mol. The van der Waals surface area contributed by atoms with Crippen molar-refractivity contribution in [2.24, 2.45) is 9.98 Å². The molecule has 6 heteroatoms. The predicted octanol–water partition coefficient (Wildman–Crippen LogP) is 8.27. The number of aryl methyl sites for hydroxylation is 1. The number of aromatic nitrogens is 2. The van der Waals surface area contributed by atoms with Gasteiger partial charge in [-0.2, -0.15) is 5.10 Å². The van der Waals surface area contributed by atoms with Gasteiger partial charge in [0.1, 0.15) is 0 Å². The summed E-state index contributed by atoms with van der Waals surface area (Å²) in [6.07, 6.45) is 0. The fourth-order valence-electron chi connectivity index (χ4n) is 5.69. The Balaban J connectivity index is 1.48. The number of hydrogen-bond donors (Lipinski definition) is 1. The van der Waals surface area contributed by atoms with Crippen molar-refractivity contribution >= 4 is 34.6 Å². The Morgan fingerprint density at radius 3 is 2.10 bits per heavy atom. The van der Waals surface area contributed by atoms with Crippen LogP contribution >= 0.6 is 0 Å². The van der Waals surface area contributed by atoms with Crippen molar-refractivity contribution in [3.8, 4) is 5.69 Å². The van der Waals surface area contributed by atoms with E-state index < -0.39 is 0 Å². The number of nitrogens with one attached hydrogen (secondary N) is 1. The normalized spacial score (nSPS) is 15.8. The summed E-state index contributed by atoms with van der Waals surface area (Å²) in [6.45, 7) is 8.83. The van der Waals surface area contributed by atoms with Gasteiger partial charge in [-0.05, 0) is 59.9 Å². The molecule has 0 fully saturated rings. The Morgan fingerprint density at radius 2 is 1.39 bits per heavy atom. The number of nitrogens with zero attached hydrogens (tertiary/aromatic N) is 5. The van der Waals surface area contributed by atoms with E-state index in [9.17, 15) is 0 Å². The number of benzene rings is 4. The van der Waals surface area contributed by atoms with E-state index in [2.05, 4.69) is 92.5 Å². The first-order valence-corrected chi connectivity index (χ1v) is 14.0. The first kappa shape index (κ1) is 25.0. The second-order valence-electron chi connectivity index (χ2n) is 11.6. The highest BCUT2D eigenvalue weighted by Crippen LogP contribution is 2.48. The van der Waals surface area contributed by atoms with Crippen molar-refractivity contribution in [3.05, 3.63) is 132 Å². The van der Waals surface area contributed by atoms with Crippen LogP contribution in [0.2, 0.25) is 0 Å². The maximum atomic E-state index is 5.32. The first-order chi connectivity index (χ1) is 19.9. The van der Waals surface area contributed by atoms with Crippen LogP contribution < -0.4 is 10.2 Å². The molecule has 0 bridgehead atoms. The van der Waals surface area contributed by atoms with Gasteiger partial charge in [-0.1, -0.05) is 93.6 Å². The summed E-state index contributed by atoms with van der Waals surface area (Å²) < 4.78 is 1.96. The molecule has 5 aromatic rings. The zero-order valence-electron chi connectivity index (χ0n) is 23.7. The lowest BCUT2D eigenvalue weighted by Gasteiger charge is -2.40. The van der Waals surface area contributed by atoms with E-state index in [0.717, 1.165) is 45.7 Å². The molecule has 0 spiro atoms. The highest BCUT2D eigenvalue weighted by Gasteiger charge is 2.41. The minimum absolute atomic E-state index is 0.0636. The third-order valence-corrected chi connectivity index (χ3v) is 7.77. The summed E-state index contributed by atoms with van der Waals surface area (Å²) in [5.41, 5.74) is 8.44. The van der Waals surface area contributed by atoms with Gasteiger partial charge in [0.15, 0.2) is 17.5 Å². The highest BCUT2D eigenvalue weighted by atomic mass is 15.4. The quantitative estimate of drug-likeness (QED) is 0.252. The van der Waals surface area contributed by atoms with E-state index in [-0.39, 0.29) is 11.5 Å². The van der Waals surface area contributed by atoms with Gasteiger partial charge in [0, 0.05) is 11.3 Å². The SMILES string of the molecule is Cc1nn(-c2ccccc2)c2c1[C@H](c1ccc(C(C)(C)C)cc1)N1C(=N2)C(Nc2ccccc2)=Nc2ccccc21. The zero-order valence-corrected chi connectivity index (χ0v) is 23.7. The molecule has 0 saturated heterocycles. The molecule has 4 aromatic carbocycles. The maximum absolute atomic E-state index is 5.32. The molecule has 1 N–H and O–H groups in total. The number of hydrogen-bond acceptors (Lipinski definition) is 5. The molecule has 202 valence electrons. The minimum atomic E-state index is -0.145. The molecule has 1 aromatic heterocycles. The molecule has 41 heavy (non-hydrogen) atoms. The van der Waals surface area contributed by atoms with Crippen LogP contribution in [0.15, 0.2) is 119 Å². The maximum Gasteiger partial charge on any atom is 0.179 e. The van der Waals surface area contributed by atoms with Crippen molar-refractivity contribution in [1.82, 2.24) is 9.78 Å². The van der Waals surface area contributed by atoms with Gasteiger partial charge in [-0.15, -0.1) is 0 Å². The van der Waals surface area contributed by atoms with E-state index in [4.69, 9.17) is 15.1 Å². The zero-order chi connectivity index (χ0) is 28.1. The van der Waals surface area contributed by atoms with Crippen LogP contribution in [0.5, 0.6) is 0 Å². The molecule has 0 radical (unpaired) electrons. The van der Waals surface area contributed by atoms with E-state index in [1.165, 1.54) is 11.1 Å². The standard InChI is InChI=1S/C35H32N6/c1-23-30-31(24-19-21-25(22-20-24)35(2,3)4)40-29-18-12-11-17-28(29)37-32(36-26-13-7-5-8-14-26)34(40)38-33(30)41(39-23)27-15-9-6-10-16-27/h5-22,31H,1-4H3,(H,36,37)/t31-/m0/s1. The largest absolute Gasteiger partial charge is 0.337 e. The van der Waals surface area contributed by atoms with Crippen molar-refractivity contribution in [2.45, 2.75) is 39.2 Å². The van der Waals surface area contributed by atoms with E-state index >= 15 is 0 Å². The summed E-state index contributed by atoms with van der Waals surface area (Å²) in [5, 5.41) is 8.61. The molecule has 0 unspecified atom stereocenters. The first-order valence-electron chi connectivity index (χ1n) is 14.0. The minimum Gasteiger partial charge on any atom is -0.337 e. The molecule has 0 saturated carbocycles. The lowest BCUT2D eigenvalue weighted by molar-refractivity contribution is 0.589. The third kappa shape index (κ3) is 4.32. The average Bonchev–Trinajstić information content (AvgIpc) is 3.32. The van der Waals surface area contributed by atoms with Crippen molar-refractivity contribution in [3.63, 3.8) is 0 Å². The number of para-hydroxylation sites is 4. The van der Waals surface area contributed by atoms with Crippen molar-refractivity contribution in [2.75, 3.05) is 10.2 Å². The van der Waals surface area contributed by atoms with Gasteiger partial charge in [-0.25, -0.2) is 14.7 Å². The van der Waals surface area contributed by atoms with Gasteiger partial charge in [0.05, 0.1) is 28.8 Å². The summed E-state index contributed by atoms with van der Waals surface area (Å²) >= 11 is 0. The van der Waals surface area contributed by atoms with Crippen LogP contribution in [-0.4, -0.2) is 21.5 Å². The fourth-order valence-corrected chi connectivity index (χ4v) is 5.69. The van der Waals surface area contributed by atoms with Crippen LogP contribution in [0.25, 0.3) is 5.69 Å². The summed E-state index contributed by atoms with van der Waals surface area (Å²) in [5.74, 6) is 2.30. The third-order valence-electron chi connectivity index (χ3n) is 7.77. The molecule has 0 aliphatic carbocycles. The van der Waals surface area contributed by atoms with Crippen LogP contribution in [0.3, 0.4) is 0 Å². The van der Waals surface area contributed by atoms with Crippen LogP contribution in [0, 0.1) is 6.92 Å². The Morgan fingerprint density at radius 1 is 0.732 bits per heavy atom. The Labute approximate surface area is 240 Å². The lowest BCUT2D eigenvalue weighted by Crippen LogP contribution is -2.46. The molecule has 2 aliphatic heterocycles. The molecule has 3 heterocycles. The topological polar surface area (TPSA) is 57.8 Å². The Hall–Kier alpha value is -4.97. The van der Waals surface area contributed by atoms with Crippen molar-refractivity contribution < 1.29 is 0 Å². The molecule has 2 aliphatic rings. The van der Waals surface area contributed by atoms with E-state index in [1.807, 2.05) is 59.3 Å². The average molecular weight is 537 g/mol. The monoisotopic (exact) mass is 536 g/mol. The molecule has 0 amide bonds. The summed E-state index contributed by atoms with van der Waals surface area (Å²) in [7, 11) is 0. The summed E-state index contributed by atoms with van der Waals surface area (Å²) in [4.78, 5) is 12.7. The van der Waals surface area contributed by atoms with Gasteiger partial charge in [0.25, 0.3) is 0 Å². The molecule has 1 atom stereocenters. The highest BCUT2D eigenvalue weighted by molar-refractivity contribution is 6.51. The number of anilines is 2. The van der Waals surface area contributed by atoms with Gasteiger partial charge < -0.3 is 10.2 Å². The number of fused-ring (bicyclic) bond motifs is 4. The Kier molecular flexibility index (Phi) is 5.86. The van der Waals surface area contributed by atoms with Crippen LogP contribution in [0.4, 0.5) is 22.9 Å². The molecular formula is C35H32N6. The second kappa shape index (κ2) is 9.59. The van der Waals surface area contributed by atoms with Gasteiger partial charge in [0.2, 0.25) is 0 Å². The van der Waals surface area contributed by atoms with Gasteiger partial charge in [-0.3, -0.25) is 0 Å². The van der Waals surface area contributed by atoms with E-state index in [0.29, 0.717) is 5.84 Å². The molecule has 6 nitrogen and oxygen atoms in total. The number of rotatable bonds is 3. The predicted molar refractivity (Wildman–Crippen MR) is 168 cm³/mol. The second-order valence-corrected chi connectivity index (χ2v) is 11.6. The number of aliphatic imine (C=N–C) groups is 2. The smallest absolute Gasteiger partial charge is 0.179 e. The Bertz CT molecular complexity index is 1790. The van der Waals surface area contributed by atoms with Crippen LogP contribution in [-0.2, 0) is 5.41 Å². The molecule has 7 rings (SSSR count).